The first-order valence-electron chi connectivity index (χ1n) is 3.21. The van der Waals surface area contributed by atoms with Crippen LogP contribution in [0.15, 0.2) is 17.4 Å². The topological polar surface area (TPSA) is 107 Å². The summed E-state index contributed by atoms with van der Waals surface area (Å²) in [5.41, 5.74) is 9.92. The van der Waals surface area contributed by atoms with Crippen molar-refractivity contribution >= 4 is 23.5 Å². The number of rotatable bonds is 1. The average molecular weight is 200 g/mol. The molecule has 1 aromatic rings. The molecule has 13 heavy (non-hydrogen) atoms. The zero-order valence-electron chi connectivity index (χ0n) is 6.44. The minimum atomic E-state index is -0.710. The summed E-state index contributed by atoms with van der Waals surface area (Å²) in [6, 6.07) is 0. The molecule has 0 atom stereocenters. The molecule has 1 heterocycles. The van der Waals surface area contributed by atoms with Gasteiger partial charge in [0.25, 0.3) is 0 Å². The van der Waals surface area contributed by atoms with Gasteiger partial charge in [-0.25, -0.2) is 9.97 Å². The Kier molecular flexibility index (Phi) is 2.76. The van der Waals surface area contributed by atoms with Crippen LogP contribution in [0.25, 0.3) is 0 Å². The normalized spacial score (nSPS) is 9.31. The number of aliphatic imine (C=N–C) groups is 1. The van der Waals surface area contributed by atoms with Gasteiger partial charge in [0.2, 0.25) is 0 Å². The van der Waals surface area contributed by atoms with E-state index in [1.54, 1.807) is 0 Å². The molecule has 4 N–H and O–H groups in total. The van der Waals surface area contributed by atoms with E-state index < -0.39 is 5.91 Å². The van der Waals surface area contributed by atoms with E-state index >= 15 is 0 Å². The molecule has 0 aliphatic heterocycles. The number of hydrogen-bond acceptors (Lipinski definition) is 3. The molecule has 0 bridgehead atoms. The molecule has 1 rings (SSSR count). The summed E-state index contributed by atoms with van der Waals surface area (Å²) >= 11 is 5.56. The average Bonchev–Trinajstić information content (AvgIpc) is 2.03. The van der Waals surface area contributed by atoms with Crippen molar-refractivity contribution in [2.45, 2.75) is 0 Å². The second kappa shape index (κ2) is 3.81. The van der Waals surface area contributed by atoms with Crippen molar-refractivity contribution in [2.75, 3.05) is 0 Å². The van der Waals surface area contributed by atoms with E-state index in [1.165, 1.54) is 12.4 Å². The van der Waals surface area contributed by atoms with Crippen LogP contribution in [0.2, 0.25) is 5.15 Å². The Hall–Kier alpha value is -1.69. The fourth-order valence-electron chi connectivity index (χ4n) is 0.635. The number of nitrogens with two attached hydrogens (primary N) is 2. The number of hydrogen-bond donors (Lipinski definition) is 2. The number of halogens is 1. The van der Waals surface area contributed by atoms with Gasteiger partial charge in [0.15, 0.2) is 16.8 Å². The summed E-state index contributed by atoms with van der Waals surface area (Å²) < 4.78 is 0. The molecule has 68 valence electrons. The van der Waals surface area contributed by atoms with E-state index in [0.29, 0.717) is 0 Å². The molecule has 0 saturated carbocycles. The second-order valence-corrected chi connectivity index (χ2v) is 2.40. The summed E-state index contributed by atoms with van der Waals surface area (Å²) in [5, 5.41) is -0.0301. The Morgan fingerprint density at radius 1 is 1.38 bits per heavy atom. The minimum Gasteiger partial charge on any atom is -0.370 e. The number of guanidine groups is 1. The largest absolute Gasteiger partial charge is 0.370 e. The van der Waals surface area contributed by atoms with Gasteiger partial charge in [-0.2, -0.15) is 4.99 Å². The van der Waals surface area contributed by atoms with Crippen LogP contribution in [-0.2, 0) is 0 Å². The summed E-state index contributed by atoms with van der Waals surface area (Å²) in [6.45, 7) is 0. The van der Waals surface area contributed by atoms with Gasteiger partial charge in [-0.15, -0.1) is 0 Å². The first-order valence-corrected chi connectivity index (χ1v) is 3.59. The summed E-state index contributed by atoms with van der Waals surface area (Å²) in [5.74, 6) is -1.05. The monoisotopic (exact) mass is 199 g/mol. The smallest absolute Gasteiger partial charge is 0.301 e. The third-order valence-corrected chi connectivity index (χ3v) is 1.36. The van der Waals surface area contributed by atoms with Gasteiger partial charge in [0.1, 0.15) is 0 Å². The molecular weight excluding hydrogens is 194 g/mol. The first-order chi connectivity index (χ1) is 6.11. The molecule has 0 spiro atoms. The molecule has 0 unspecified atom stereocenters. The highest BCUT2D eigenvalue weighted by Crippen LogP contribution is 2.08. The van der Waals surface area contributed by atoms with Gasteiger partial charge in [-0.05, 0) is 0 Å². The molecule has 0 aromatic carbocycles. The lowest BCUT2D eigenvalue weighted by atomic mass is 10.4. The van der Waals surface area contributed by atoms with E-state index in [0.717, 1.165) is 0 Å². The first kappa shape index (κ1) is 9.40. The quantitative estimate of drug-likeness (QED) is 0.470. The van der Waals surface area contributed by atoms with Crippen molar-refractivity contribution in [3.8, 4) is 0 Å². The number of carbonyl (C=O) groups is 1. The third-order valence-electron chi connectivity index (χ3n) is 1.09. The zero-order valence-corrected chi connectivity index (χ0v) is 7.19. The van der Waals surface area contributed by atoms with Crippen molar-refractivity contribution in [3.63, 3.8) is 0 Å². The molecule has 0 radical (unpaired) electrons. The van der Waals surface area contributed by atoms with Crippen LogP contribution in [0.3, 0.4) is 0 Å². The maximum atomic E-state index is 11.1. The predicted molar refractivity (Wildman–Crippen MR) is 47.2 cm³/mol. The minimum absolute atomic E-state index is 0.0301. The lowest BCUT2D eigenvalue weighted by Gasteiger charge is -1.95. The maximum Gasteiger partial charge on any atom is 0.301 e. The lowest BCUT2D eigenvalue weighted by molar-refractivity contribution is 0.0998. The summed E-state index contributed by atoms with van der Waals surface area (Å²) in [4.78, 5) is 21.7. The van der Waals surface area contributed by atoms with Crippen LogP contribution >= 0.6 is 11.6 Å². The second-order valence-electron chi connectivity index (χ2n) is 2.04. The van der Waals surface area contributed by atoms with Gasteiger partial charge in [-0.1, -0.05) is 11.6 Å². The maximum absolute atomic E-state index is 11.1. The van der Waals surface area contributed by atoms with E-state index in [1.807, 2.05) is 0 Å². The van der Waals surface area contributed by atoms with Crippen molar-refractivity contribution in [1.82, 2.24) is 9.97 Å². The zero-order chi connectivity index (χ0) is 9.84. The van der Waals surface area contributed by atoms with Crippen LogP contribution in [0.4, 0.5) is 0 Å². The van der Waals surface area contributed by atoms with Crippen molar-refractivity contribution in [3.05, 3.63) is 23.2 Å². The molecule has 0 saturated heterocycles. The fourth-order valence-corrected chi connectivity index (χ4v) is 0.821. The highest BCUT2D eigenvalue weighted by Gasteiger charge is 2.11. The van der Waals surface area contributed by atoms with E-state index in [2.05, 4.69) is 15.0 Å². The molecule has 0 aliphatic carbocycles. The highest BCUT2D eigenvalue weighted by molar-refractivity contribution is 6.32. The molecule has 1 aromatic heterocycles. The highest BCUT2D eigenvalue weighted by atomic mass is 35.5. The van der Waals surface area contributed by atoms with Crippen molar-refractivity contribution in [1.29, 1.82) is 0 Å². The number of nitrogens with zero attached hydrogens (tertiary/aromatic N) is 3. The molecule has 1 amide bonds. The fraction of sp³-hybridized carbons (Fsp3) is 0. The van der Waals surface area contributed by atoms with Crippen LogP contribution in [-0.4, -0.2) is 21.8 Å². The number of carbonyl (C=O) groups excluding carboxylic acids is 1. The molecule has 6 nitrogen and oxygen atoms in total. The third kappa shape index (κ3) is 2.38. The standard InChI is InChI=1S/C6H6ClN5O/c7-4-3(10-1-2-11-4)5(13)12-6(8)9/h1-2H,(H4,8,9,12,13). The SMILES string of the molecule is NC(N)=NC(=O)c1nccnc1Cl. The Balaban J connectivity index is 3.03. The Morgan fingerprint density at radius 3 is 2.54 bits per heavy atom. The van der Waals surface area contributed by atoms with Crippen molar-refractivity contribution in [2.24, 2.45) is 16.5 Å². The van der Waals surface area contributed by atoms with E-state index in [4.69, 9.17) is 23.1 Å². The van der Waals surface area contributed by atoms with E-state index in [9.17, 15) is 4.79 Å². The molecular formula is C6H6ClN5O. The Morgan fingerprint density at radius 2 is 2.00 bits per heavy atom. The van der Waals surface area contributed by atoms with Gasteiger partial charge in [-0.3, -0.25) is 4.79 Å². The number of aromatic nitrogens is 2. The van der Waals surface area contributed by atoms with Crippen LogP contribution in [0.1, 0.15) is 10.5 Å². The van der Waals surface area contributed by atoms with E-state index in [-0.39, 0.29) is 16.8 Å². The Labute approximate surface area is 78.6 Å². The number of amides is 1. The molecule has 0 aliphatic rings. The summed E-state index contributed by atoms with van der Waals surface area (Å²) in [6.07, 6.45) is 2.68. The Bertz CT molecular complexity index is 360. The molecule has 7 heteroatoms. The van der Waals surface area contributed by atoms with Crippen LogP contribution in [0, 0.1) is 0 Å². The van der Waals surface area contributed by atoms with Gasteiger partial charge in [0, 0.05) is 12.4 Å². The van der Waals surface area contributed by atoms with Crippen LogP contribution in [0.5, 0.6) is 0 Å². The lowest BCUT2D eigenvalue weighted by Crippen LogP contribution is -2.24. The van der Waals surface area contributed by atoms with Gasteiger partial charge < -0.3 is 11.5 Å². The van der Waals surface area contributed by atoms with Gasteiger partial charge in [0.05, 0.1) is 0 Å². The predicted octanol–water partition coefficient (Wildman–Crippen LogP) is -0.456. The van der Waals surface area contributed by atoms with Crippen molar-refractivity contribution < 1.29 is 4.79 Å². The van der Waals surface area contributed by atoms with Gasteiger partial charge >= 0.3 is 5.91 Å². The summed E-state index contributed by atoms with van der Waals surface area (Å²) in [7, 11) is 0. The molecule has 0 fully saturated rings. The van der Waals surface area contributed by atoms with Crippen LogP contribution < -0.4 is 11.5 Å².